The third kappa shape index (κ3) is 9.71. The Morgan fingerprint density at radius 1 is 1.05 bits per heavy atom. The normalized spacial score (nSPS) is 14.4. The van der Waals surface area contributed by atoms with Crippen LogP contribution < -0.4 is 0 Å². The van der Waals surface area contributed by atoms with E-state index in [0.717, 1.165) is 25.3 Å². The molecule has 0 aromatic carbocycles. The molecule has 3 nitrogen and oxygen atoms in total. The molecule has 0 heterocycles. The predicted molar refractivity (Wildman–Crippen MR) is 95.8 cm³/mol. The van der Waals surface area contributed by atoms with Crippen LogP contribution in [-0.4, -0.2) is 38.6 Å². The molecule has 0 aliphatic carbocycles. The van der Waals surface area contributed by atoms with E-state index in [4.69, 9.17) is 9.47 Å². The molecule has 0 radical (unpaired) electrons. The van der Waals surface area contributed by atoms with Crippen LogP contribution in [0.3, 0.4) is 0 Å². The zero-order valence-electron chi connectivity index (χ0n) is 14.3. The summed E-state index contributed by atoms with van der Waals surface area (Å²) in [5.41, 5.74) is 0. The smallest absolute Gasteiger partial charge is 0.182 e. The fourth-order valence-electron chi connectivity index (χ4n) is 2.48. The molecule has 126 valence electrons. The summed E-state index contributed by atoms with van der Waals surface area (Å²) in [7, 11) is -1.71. The zero-order chi connectivity index (χ0) is 16.1. The van der Waals surface area contributed by atoms with Crippen molar-refractivity contribution < 1.29 is 14.3 Å². The van der Waals surface area contributed by atoms with Crippen LogP contribution >= 0.6 is 12.6 Å². The molecule has 0 saturated heterocycles. The second-order valence-corrected chi connectivity index (χ2v) is 9.20. The maximum Gasteiger partial charge on any atom is 0.182 e. The molecule has 0 aliphatic rings. The first-order chi connectivity index (χ1) is 10.1. The van der Waals surface area contributed by atoms with Crippen molar-refractivity contribution in [2.24, 2.45) is 0 Å². The summed E-state index contributed by atoms with van der Waals surface area (Å²) in [5.74, 6) is -0.261. The van der Waals surface area contributed by atoms with Crippen LogP contribution in [0.2, 0.25) is 6.04 Å². The van der Waals surface area contributed by atoms with Crippen molar-refractivity contribution >= 4 is 26.8 Å². The maximum absolute atomic E-state index is 12.6. The lowest BCUT2D eigenvalue weighted by molar-refractivity contribution is -0.116. The van der Waals surface area contributed by atoms with Gasteiger partial charge in [0.2, 0.25) is 0 Å². The minimum atomic E-state index is -1.71. The zero-order valence-corrected chi connectivity index (χ0v) is 16.3. The molecular formula is C16H34O3SSi. The van der Waals surface area contributed by atoms with E-state index >= 15 is 0 Å². The van der Waals surface area contributed by atoms with Crippen molar-refractivity contribution in [3.8, 4) is 0 Å². The van der Waals surface area contributed by atoms with Crippen LogP contribution in [0.15, 0.2) is 0 Å². The number of rotatable bonds is 14. The standard InChI is InChI=1S/C16H34O3SSi/c1-5-9-10-11-14(20)13-15(17)21(12-6-2)16(18-7-3)19-8-4/h14,16,20-21H,5-13H2,1-4H3. The number of hydrogen-bond acceptors (Lipinski definition) is 4. The molecule has 5 heteroatoms. The highest BCUT2D eigenvalue weighted by molar-refractivity contribution is 7.81. The molecule has 0 aromatic rings. The molecule has 0 N–H and O–H groups in total. The van der Waals surface area contributed by atoms with Crippen LogP contribution in [0.1, 0.15) is 66.2 Å². The summed E-state index contributed by atoms with van der Waals surface area (Å²) in [5, 5.41) is 0.569. The summed E-state index contributed by atoms with van der Waals surface area (Å²) in [6.07, 6.45) is 6.23. The van der Waals surface area contributed by atoms with E-state index in [1.807, 2.05) is 13.8 Å². The topological polar surface area (TPSA) is 35.5 Å². The first-order valence-electron chi connectivity index (χ1n) is 8.54. The minimum Gasteiger partial charge on any atom is -0.356 e. The van der Waals surface area contributed by atoms with E-state index in [1.165, 1.54) is 12.8 Å². The summed E-state index contributed by atoms with van der Waals surface area (Å²) >= 11 is 4.60. The minimum absolute atomic E-state index is 0.194. The van der Waals surface area contributed by atoms with Crippen LogP contribution in [0.5, 0.6) is 0 Å². The fraction of sp³-hybridized carbons (Fsp3) is 0.938. The first-order valence-corrected chi connectivity index (χ1v) is 11.1. The molecule has 0 amide bonds. The van der Waals surface area contributed by atoms with Gasteiger partial charge in [-0.25, -0.2) is 0 Å². The quantitative estimate of drug-likeness (QED) is 0.226. The molecule has 0 aromatic heterocycles. The number of hydrogen-bond donors (Lipinski definition) is 1. The van der Waals surface area contributed by atoms with Gasteiger partial charge in [-0.15, -0.1) is 0 Å². The van der Waals surface area contributed by atoms with Crippen LogP contribution in [0, 0.1) is 0 Å². The number of ether oxygens (including phenoxy) is 2. The number of thiol groups is 1. The van der Waals surface area contributed by atoms with Gasteiger partial charge in [-0.05, 0) is 26.3 Å². The Bertz CT molecular complexity index is 258. The van der Waals surface area contributed by atoms with Gasteiger partial charge in [0.05, 0.1) is 0 Å². The molecule has 21 heavy (non-hydrogen) atoms. The first kappa shape index (κ1) is 21.2. The summed E-state index contributed by atoms with van der Waals surface area (Å²) < 4.78 is 11.4. The third-order valence-electron chi connectivity index (χ3n) is 3.58. The van der Waals surface area contributed by atoms with Gasteiger partial charge in [0.1, 0.15) is 11.3 Å². The van der Waals surface area contributed by atoms with Crippen molar-refractivity contribution in [3.63, 3.8) is 0 Å². The number of carbonyl (C=O) groups excluding carboxylic acids is 1. The molecule has 0 saturated carbocycles. The van der Waals surface area contributed by atoms with Gasteiger partial charge < -0.3 is 14.3 Å². The highest BCUT2D eigenvalue weighted by Gasteiger charge is 2.31. The number of carbonyl (C=O) groups is 1. The Balaban J connectivity index is 4.50. The van der Waals surface area contributed by atoms with Gasteiger partial charge in [-0.2, -0.15) is 12.6 Å². The Kier molecular flexibility index (Phi) is 13.9. The summed E-state index contributed by atoms with van der Waals surface area (Å²) in [6, 6.07) is 0.957. The lowest BCUT2D eigenvalue weighted by Gasteiger charge is -2.25. The van der Waals surface area contributed by atoms with Crippen LogP contribution in [-0.2, 0) is 14.3 Å². The second kappa shape index (κ2) is 13.8. The van der Waals surface area contributed by atoms with E-state index in [-0.39, 0.29) is 11.2 Å². The third-order valence-corrected chi connectivity index (χ3v) is 7.33. The predicted octanol–water partition coefficient (Wildman–Crippen LogP) is 3.94. The monoisotopic (exact) mass is 334 g/mol. The SMILES string of the molecule is CCCCCC(S)CC(=O)[SiH](CCC)C(OCC)OCC. The molecule has 2 atom stereocenters. The van der Waals surface area contributed by atoms with E-state index in [2.05, 4.69) is 26.5 Å². The van der Waals surface area contributed by atoms with Crippen LogP contribution in [0.4, 0.5) is 0 Å². The Hall–Kier alpha value is 0.157. The molecule has 0 rings (SSSR count). The van der Waals surface area contributed by atoms with Gasteiger partial charge in [0.15, 0.2) is 8.80 Å². The average Bonchev–Trinajstić information content (AvgIpc) is 2.44. The van der Waals surface area contributed by atoms with Crippen molar-refractivity contribution in [1.29, 1.82) is 0 Å². The highest BCUT2D eigenvalue weighted by Crippen LogP contribution is 2.17. The lowest BCUT2D eigenvalue weighted by atomic mass is 10.1. The van der Waals surface area contributed by atoms with Gasteiger partial charge in [-0.1, -0.05) is 39.5 Å². The van der Waals surface area contributed by atoms with E-state index < -0.39 is 8.80 Å². The summed E-state index contributed by atoms with van der Waals surface area (Å²) in [6.45, 7) is 9.44. The Labute approximate surface area is 138 Å². The van der Waals surface area contributed by atoms with Gasteiger partial charge in [0, 0.05) is 24.9 Å². The van der Waals surface area contributed by atoms with Crippen molar-refractivity contribution in [2.45, 2.75) is 83.4 Å². The maximum atomic E-state index is 12.6. The lowest BCUT2D eigenvalue weighted by Crippen LogP contribution is -2.43. The van der Waals surface area contributed by atoms with Crippen molar-refractivity contribution in [1.82, 2.24) is 0 Å². The van der Waals surface area contributed by atoms with E-state index in [1.54, 1.807) is 0 Å². The molecule has 0 bridgehead atoms. The largest absolute Gasteiger partial charge is 0.356 e. The average molecular weight is 335 g/mol. The van der Waals surface area contributed by atoms with E-state index in [0.29, 0.717) is 25.0 Å². The molecule has 0 fully saturated rings. The van der Waals surface area contributed by atoms with Crippen molar-refractivity contribution in [2.75, 3.05) is 13.2 Å². The van der Waals surface area contributed by atoms with Crippen molar-refractivity contribution in [3.05, 3.63) is 0 Å². The number of unbranched alkanes of at least 4 members (excludes halogenated alkanes) is 2. The van der Waals surface area contributed by atoms with Gasteiger partial charge in [0.25, 0.3) is 0 Å². The molecule has 0 spiro atoms. The molecular weight excluding hydrogens is 300 g/mol. The van der Waals surface area contributed by atoms with Crippen LogP contribution in [0.25, 0.3) is 0 Å². The van der Waals surface area contributed by atoms with Gasteiger partial charge >= 0.3 is 0 Å². The summed E-state index contributed by atoms with van der Waals surface area (Å²) in [4.78, 5) is 12.6. The highest BCUT2D eigenvalue weighted by atomic mass is 32.1. The molecule has 0 aliphatic heterocycles. The van der Waals surface area contributed by atoms with E-state index in [9.17, 15) is 4.79 Å². The fourth-order valence-corrected chi connectivity index (χ4v) is 6.00. The van der Waals surface area contributed by atoms with Gasteiger partial charge in [-0.3, -0.25) is 0 Å². The Morgan fingerprint density at radius 3 is 2.14 bits per heavy atom. The Morgan fingerprint density at radius 2 is 1.67 bits per heavy atom. The second-order valence-electron chi connectivity index (χ2n) is 5.49. The molecule has 2 unspecified atom stereocenters.